The second kappa shape index (κ2) is 9.77. The van der Waals surface area contributed by atoms with Crippen molar-refractivity contribution in [2.75, 3.05) is 12.3 Å². The Morgan fingerprint density at radius 3 is 2.68 bits per heavy atom. The number of hydrogen-bond donors (Lipinski definition) is 1. The molecular weight excluding hydrogens is 398 g/mol. The molecule has 1 aromatic carbocycles. The van der Waals surface area contributed by atoms with Gasteiger partial charge in [-0.1, -0.05) is 62.5 Å². The maximum Gasteiger partial charge on any atom is 0.191 e. The van der Waals surface area contributed by atoms with Gasteiger partial charge in [-0.2, -0.15) is 0 Å². The van der Waals surface area contributed by atoms with Crippen molar-refractivity contribution < 1.29 is 0 Å². The maximum absolute atomic E-state index is 5.98. The second-order valence-corrected chi connectivity index (χ2v) is 7.87. The van der Waals surface area contributed by atoms with Crippen molar-refractivity contribution in [3.05, 3.63) is 48.3 Å². The Hall–Kier alpha value is -1.60. The van der Waals surface area contributed by atoms with Crippen molar-refractivity contribution in [1.82, 2.24) is 4.90 Å². The molecule has 0 spiro atoms. The summed E-state index contributed by atoms with van der Waals surface area (Å²) in [6, 6.07) is 10.1. The fourth-order valence-corrected chi connectivity index (χ4v) is 3.64. The SMILES string of the molecule is C=C1/N=C(SCCC(C)C)\N=C(\N)CN=C(Br)N1Cc1ccccc1. The lowest BCUT2D eigenvalue weighted by molar-refractivity contribution is 0.515. The zero-order valence-corrected chi connectivity index (χ0v) is 17.1. The predicted octanol–water partition coefficient (Wildman–Crippen LogP) is 4.22. The average Bonchev–Trinajstić information content (AvgIpc) is 2.61. The molecule has 0 fully saturated rings. The van der Waals surface area contributed by atoms with Gasteiger partial charge >= 0.3 is 0 Å². The monoisotopic (exact) mass is 421 g/mol. The van der Waals surface area contributed by atoms with Gasteiger partial charge in [-0.05, 0) is 33.8 Å². The van der Waals surface area contributed by atoms with Crippen molar-refractivity contribution in [3.63, 3.8) is 0 Å². The number of amidine groups is 3. The molecule has 7 heteroatoms. The van der Waals surface area contributed by atoms with Gasteiger partial charge in [0.05, 0.1) is 13.1 Å². The Bertz CT molecular complexity index is 682. The van der Waals surface area contributed by atoms with Gasteiger partial charge in [0.25, 0.3) is 0 Å². The van der Waals surface area contributed by atoms with Crippen molar-refractivity contribution in [2.45, 2.75) is 26.8 Å². The number of halogens is 1. The highest BCUT2D eigenvalue weighted by Crippen LogP contribution is 2.20. The Balaban J connectivity index is 2.21. The first-order valence-electron chi connectivity index (χ1n) is 8.20. The lowest BCUT2D eigenvalue weighted by Gasteiger charge is -2.22. The highest BCUT2D eigenvalue weighted by molar-refractivity contribution is 9.18. The molecule has 5 nitrogen and oxygen atoms in total. The van der Waals surface area contributed by atoms with E-state index in [4.69, 9.17) is 5.73 Å². The minimum Gasteiger partial charge on any atom is -0.386 e. The van der Waals surface area contributed by atoms with Crippen LogP contribution < -0.4 is 5.73 Å². The number of thioether (sulfide) groups is 1. The van der Waals surface area contributed by atoms with Crippen LogP contribution in [0.25, 0.3) is 0 Å². The summed E-state index contributed by atoms with van der Waals surface area (Å²) in [5.74, 6) is 2.62. The third-order valence-electron chi connectivity index (χ3n) is 3.48. The normalized spacial score (nSPS) is 20.1. The topological polar surface area (TPSA) is 66.3 Å². The lowest BCUT2D eigenvalue weighted by atomic mass is 10.2. The number of aliphatic imine (C=N–C) groups is 3. The van der Waals surface area contributed by atoms with E-state index in [9.17, 15) is 0 Å². The molecule has 0 radical (unpaired) electrons. The Morgan fingerprint density at radius 1 is 1.28 bits per heavy atom. The third-order valence-corrected chi connectivity index (χ3v) is 5.04. The van der Waals surface area contributed by atoms with Gasteiger partial charge in [-0.15, -0.1) is 0 Å². The van der Waals surface area contributed by atoms with Gasteiger partial charge in [0.2, 0.25) is 0 Å². The quantitative estimate of drug-likeness (QED) is 0.723. The number of hydrogen-bond acceptors (Lipinski definition) is 6. The molecule has 134 valence electrons. The van der Waals surface area contributed by atoms with E-state index in [0.29, 0.717) is 40.6 Å². The van der Waals surface area contributed by atoms with E-state index in [0.717, 1.165) is 17.7 Å². The summed E-state index contributed by atoms with van der Waals surface area (Å²) < 4.78 is 0.650. The van der Waals surface area contributed by atoms with Gasteiger partial charge in [-0.25, -0.2) is 9.98 Å². The first-order chi connectivity index (χ1) is 12.0. The largest absolute Gasteiger partial charge is 0.386 e. The third kappa shape index (κ3) is 6.66. The average molecular weight is 422 g/mol. The fraction of sp³-hybridized carbons (Fsp3) is 0.389. The Labute approximate surface area is 162 Å². The standard InChI is InChI=1S/C18H24BrN5S/c1-13(2)9-10-25-18-22-14(3)24(12-15-7-5-4-6-8-15)17(19)21-11-16(20)23-18/h4-8,13H,3,9-12H2,1-2H3,(H2,20,22,23). The van der Waals surface area contributed by atoms with Crippen LogP contribution in [0.1, 0.15) is 25.8 Å². The predicted molar refractivity (Wildman–Crippen MR) is 113 cm³/mol. The van der Waals surface area contributed by atoms with E-state index in [-0.39, 0.29) is 0 Å². The van der Waals surface area contributed by atoms with Crippen LogP contribution in [0.5, 0.6) is 0 Å². The minimum absolute atomic E-state index is 0.322. The summed E-state index contributed by atoms with van der Waals surface area (Å²) in [5.41, 5.74) is 7.13. The van der Waals surface area contributed by atoms with Crippen LogP contribution in [-0.4, -0.2) is 32.9 Å². The van der Waals surface area contributed by atoms with Crippen LogP contribution >= 0.6 is 27.7 Å². The first kappa shape index (κ1) is 19.7. The molecule has 1 aliphatic heterocycles. The Kier molecular flexibility index (Phi) is 7.71. The van der Waals surface area contributed by atoms with Gasteiger partial charge in [0, 0.05) is 5.75 Å². The maximum atomic E-state index is 5.98. The van der Waals surface area contributed by atoms with E-state index >= 15 is 0 Å². The number of nitrogens with zero attached hydrogens (tertiary/aromatic N) is 4. The first-order valence-corrected chi connectivity index (χ1v) is 9.98. The van der Waals surface area contributed by atoms with Gasteiger partial charge < -0.3 is 10.6 Å². The molecular formula is C18H24BrN5S. The highest BCUT2D eigenvalue weighted by Gasteiger charge is 2.16. The Morgan fingerprint density at radius 2 is 2.00 bits per heavy atom. The molecule has 1 aromatic rings. The molecule has 1 heterocycles. The van der Waals surface area contributed by atoms with E-state index in [2.05, 4.69) is 63.5 Å². The summed E-state index contributed by atoms with van der Waals surface area (Å²) in [7, 11) is 0. The van der Waals surface area contributed by atoms with Crippen molar-refractivity contribution >= 4 is 43.4 Å². The van der Waals surface area contributed by atoms with Crippen LogP contribution in [0.15, 0.2) is 57.7 Å². The fourth-order valence-electron chi connectivity index (χ4n) is 2.07. The zero-order chi connectivity index (χ0) is 18.2. The molecule has 0 atom stereocenters. The van der Waals surface area contributed by atoms with Crippen LogP contribution in [0, 0.1) is 5.92 Å². The number of benzene rings is 1. The van der Waals surface area contributed by atoms with E-state index in [1.807, 2.05) is 23.1 Å². The van der Waals surface area contributed by atoms with Gasteiger partial charge in [0.15, 0.2) is 9.91 Å². The highest BCUT2D eigenvalue weighted by atomic mass is 79.9. The van der Waals surface area contributed by atoms with Crippen LogP contribution in [0.3, 0.4) is 0 Å². The molecule has 0 aromatic heterocycles. The summed E-state index contributed by atoms with van der Waals surface area (Å²) in [4.78, 5) is 15.4. The number of rotatable bonds is 5. The summed E-state index contributed by atoms with van der Waals surface area (Å²) in [6.07, 6.45) is 1.10. The summed E-state index contributed by atoms with van der Waals surface area (Å²) >= 11 is 5.12. The molecule has 2 rings (SSSR count). The van der Waals surface area contributed by atoms with E-state index in [1.54, 1.807) is 11.8 Å². The van der Waals surface area contributed by atoms with Crippen molar-refractivity contribution in [2.24, 2.45) is 26.6 Å². The summed E-state index contributed by atoms with van der Waals surface area (Å²) in [6.45, 7) is 9.46. The molecule has 2 N–H and O–H groups in total. The van der Waals surface area contributed by atoms with Crippen LogP contribution in [-0.2, 0) is 6.54 Å². The van der Waals surface area contributed by atoms with Crippen molar-refractivity contribution in [1.29, 1.82) is 0 Å². The lowest BCUT2D eigenvalue weighted by Crippen LogP contribution is -2.25. The van der Waals surface area contributed by atoms with Gasteiger partial charge in [0.1, 0.15) is 11.7 Å². The van der Waals surface area contributed by atoms with Gasteiger partial charge in [-0.3, -0.25) is 4.99 Å². The second-order valence-electron chi connectivity index (χ2n) is 6.10. The zero-order valence-electron chi connectivity index (χ0n) is 14.7. The molecule has 0 unspecified atom stereocenters. The minimum atomic E-state index is 0.322. The van der Waals surface area contributed by atoms with E-state index < -0.39 is 0 Å². The molecule has 25 heavy (non-hydrogen) atoms. The van der Waals surface area contributed by atoms with Crippen molar-refractivity contribution in [3.8, 4) is 0 Å². The molecule has 0 bridgehead atoms. The molecule has 0 aliphatic carbocycles. The molecule has 1 aliphatic rings. The number of nitrogens with two attached hydrogens (primary N) is 1. The van der Waals surface area contributed by atoms with Crippen LogP contribution in [0.2, 0.25) is 0 Å². The summed E-state index contributed by atoms with van der Waals surface area (Å²) in [5, 5.41) is 0.638. The van der Waals surface area contributed by atoms with E-state index in [1.165, 1.54) is 0 Å². The van der Waals surface area contributed by atoms with Crippen LogP contribution in [0.4, 0.5) is 0 Å². The molecule has 0 saturated heterocycles. The smallest absolute Gasteiger partial charge is 0.191 e. The molecule has 0 saturated carbocycles. The molecule has 0 amide bonds.